The molecule has 0 radical (unpaired) electrons. The average Bonchev–Trinajstić information content (AvgIpc) is 2.45. The van der Waals surface area contributed by atoms with Gasteiger partial charge in [-0.05, 0) is 18.6 Å². The Kier molecular flexibility index (Phi) is 5.79. The van der Waals surface area contributed by atoms with Gasteiger partial charge >= 0.3 is 0 Å². The van der Waals surface area contributed by atoms with Crippen LogP contribution in [0.15, 0.2) is 12.1 Å². The van der Waals surface area contributed by atoms with Gasteiger partial charge in [0.05, 0.1) is 20.8 Å². The third-order valence-electron chi connectivity index (χ3n) is 3.10. The molecule has 6 nitrogen and oxygen atoms in total. The molecule has 1 aromatic carbocycles. The van der Waals surface area contributed by atoms with Crippen LogP contribution in [0.2, 0.25) is 0 Å². The largest absolute Gasteiger partial charge is 0.493 e. The topological polar surface area (TPSA) is 76.7 Å². The SMILES string of the molecule is COc1cc(C)c(NC(=O)CNC(=O)C(C)(C)C)cc1OC. The Labute approximate surface area is 131 Å². The lowest BCUT2D eigenvalue weighted by Crippen LogP contribution is -2.39. The van der Waals surface area contributed by atoms with Gasteiger partial charge in [-0.1, -0.05) is 20.8 Å². The fraction of sp³-hybridized carbons (Fsp3) is 0.500. The van der Waals surface area contributed by atoms with Crippen molar-refractivity contribution in [1.29, 1.82) is 0 Å². The van der Waals surface area contributed by atoms with Gasteiger partial charge in [0.1, 0.15) is 0 Å². The van der Waals surface area contributed by atoms with Crippen LogP contribution in [0, 0.1) is 12.3 Å². The second kappa shape index (κ2) is 7.15. The minimum absolute atomic E-state index is 0.0795. The molecule has 1 rings (SSSR count). The molecule has 0 spiro atoms. The van der Waals surface area contributed by atoms with E-state index in [2.05, 4.69) is 10.6 Å². The molecule has 6 heteroatoms. The van der Waals surface area contributed by atoms with Crippen molar-refractivity contribution in [3.8, 4) is 11.5 Å². The lowest BCUT2D eigenvalue weighted by atomic mass is 9.96. The molecule has 0 heterocycles. The summed E-state index contributed by atoms with van der Waals surface area (Å²) in [5, 5.41) is 5.36. The Hall–Kier alpha value is -2.24. The zero-order valence-corrected chi connectivity index (χ0v) is 14.0. The predicted octanol–water partition coefficient (Wildman–Crippen LogP) is 2.11. The maximum Gasteiger partial charge on any atom is 0.243 e. The Morgan fingerprint density at radius 3 is 2.14 bits per heavy atom. The van der Waals surface area contributed by atoms with Crippen molar-refractivity contribution in [2.75, 3.05) is 26.1 Å². The van der Waals surface area contributed by atoms with Crippen LogP contribution in [-0.2, 0) is 9.59 Å². The molecule has 22 heavy (non-hydrogen) atoms. The van der Waals surface area contributed by atoms with E-state index in [0.29, 0.717) is 17.2 Å². The van der Waals surface area contributed by atoms with Gasteiger partial charge in [0, 0.05) is 17.2 Å². The maximum absolute atomic E-state index is 12.0. The van der Waals surface area contributed by atoms with Gasteiger partial charge in [0.2, 0.25) is 11.8 Å². The summed E-state index contributed by atoms with van der Waals surface area (Å²) in [7, 11) is 3.08. The number of carbonyl (C=O) groups is 2. The van der Waals surface area contributed by atoms with Crippen LogP contribution in [-0.4, -0.2) is 32.6 Å². The first-order valence-electron chi connectivity index (χ1n) is 6.99. The summed E-state index contributed by atoms with van der Waals surface area (Å²) in [6, 6.07) is 3.47. The molecule has 0 unspecified atom stereocenters. The Balaban J connectivity index is 2.74. The van der Waals surface area contributed by atoms with Crippen molar-refractivity contribution in [2.24, 2.45) is 5.41 Å². The standard InChI is InChI=1S/C16H24N2O4/c1-10-7-12(21-5)13(22-6)8-11(10)18-14(19)9-17-15(20)16(2,3)4/h7-8H,9H2,1-6H3,(H,17,20)(H,18,19). The number of carbonyl (C=O) groups excluding carboxylic acids is 2. The van der Waals surface area contributed by atoms with Gasteiger partial charge in [-0.3, -0.25) is 9.59 Å². The molecule has 0 aliphatic heterocycles. The van der Waals surface area contributed by atoms with E-state index in [0.717, 1.165) is 5.56 Å². The first-order valence-corrected chi connectivity index (χ1v) is 6.99. The number of anilines is 1. The molecule has 122 valence electrons. The first-order chi connectivity index (χ1) is 10.2. The van der Waals surface area contributed by atoms with Gasteiger partial charge in [-0.15, -0.1) is 0 Å². The van der Waals surface area contributed by atoms with E-state index in [4.69, 9.17) is 9.47 Å². The maximum atomic E-state index is 12.0. The predicted molar refractivity (Wildman–Crippen MR) is 85.4 cm³/mol. The number of amides is 2. The number of rotatable bonds is 5. The van der Waals surface area contributed by atoms with E-state index in [-0.39, 0.29) is 18.4 Å². The van der Waals surface area contributed by atoms with E-state index in [1.807, 2.05) is 6.92 Å². The van der Waals surface area contributed by atoms with Gasteiger partial charge < -0.3 is 20.1 Å². The summed E-state index contributed by atoms with van der Waals surface area (Å²) >= 11 is 0. The van der Waals surface area contributed by atoms with Crippen molar-refractivity contribution in [3.05, 3.63) is 17.7 Å². The number of ether oxygens (including phenoxy) is 2. The van der Waals surface area contributed by atoms with Crippen molar-refractivity contribution < 1.29 is 19.1 Å². The van der Waals surface area contributed by atoms with Crippen molar-refractivity contribution in [3.63, 3.8) is 0 Å². The lowest BCUT2D eigenvalue weighted by molar-refractivity contribution is -0.130. The highest BCUT2D eigenvalue weighted by molar-refractivity contribution is 5.96. The summed E-state index contributed by atoms with van der Waals surface area (Å²) in [4.78, 5) is 23.7. The fourth-order valence-corrected chi connectivity index (χ4v) is 1.74. The third-order valence-corrected chi connectivity index (χ3v) is 3.10. The Bertz CT molecular complexity index is 562. The van der Waals surface area contributed by atoms with Crippen molar-refractivity contribution in [1.82, 2.24) is 5.32 Å². The molecule has 0 fully saturated rings. The lowest BCUT2D eigenvalue weighted by Gasteiger charge is -2.18. The summed E-state index contributed by atoms with van der Waals surface area (Å²) in [5.74, 6) is 0.653. The minimum atomic E-state index is -0.528. The van der Waals surface area contributed by atoms with Gasteiger partial charge in [0.25, 0.3) is 0 Å². The normalized spacial score (nSPS) is 10.8. The van der Waals surface area contributed by atoms with Crippen molar-refractivity contribution >= 4 is 17.5 Å². The zero-order chi connectivity index (χ0) is 16.9. The molecule has 0 bridgehead atoms. The van der Waals surface area contributed by atoms with E-state index in [9.17, 15) is 9.59 Å². The highest BCUT2D eigenvalue weighted by Crippen LogP contribution is 2.32. The summed E-state index contributed by atoms with van der Waals surface area (Å²) in [6.45, 7) is 7.14. The molecule has 2 N–H and O–H groups in total. The number of hydrogen-bond donors (Lipinski definition) is 2. The van der Waals surface area contributed by atoms with E-state index in [1.165, 1.54) is 7.11 Å². The highest BCUT2D eigenvalue weighted by atomic mass is 16.5. The van der Waals surface area contributed by atoms with Crippen LogP contribution in [0.3, 0.4) is 0 Å². The average molecular weight is 308 g/mol. The zero-order valence-electron chi connectivity index (χ0n) is 14.0. The molecule has 0 saturated heterocycles. The van der Waals surface area contributed by atoms with E-state index < -0.39 is 5.41 Å². The monoisotopic (exact) mass is 308 g/mol. The first kappa shape index (κ1) is 17.8. The third kappa shape index (κ3) is 4.65. The van der Waals surface area contributed by atoms with Crippen LogP contribution in [0.5, 0.6) is 11.5 Å². The Morgan fingerprint density at radius 2 is 1.64 bits per heavy atom. The molecule has 0 aliphatic rings. The second-order valence-electron chi connectivity index (χ2n) is 6.00. The molecule has 2 amide bonds. The number of hydrogen-bond acceptors (Lipinski definition) is 4. The minimum Gasteiger partial charge on any atom is -0.493 e. The fourth-order valence-electron chi connectivity index (χ4n) is 1.74. The van der Waals surface area contributed by atoms with E-state index in [1.54, 1.807) is 40.0 Å². The number of aryl methyl sites for hydroxylation is 1. The number of nitrogens with one attached hydrogen (secondary N) is 2. The molecule has 0 atom stereocenters. The second-order valence-corrected chi connectivity index (χ2v) is 6.00. The highest BCUT2D eigenvalue weighted by Gasteiger charge is 2.21. The van der Waals surface area contributed by atoms with Gasteiger partial charge in [-0.2, -0.15) is 0 Å². The molecule has 0 saturated carbocycles. The summed E-state index contributed by atoms with van der Waals surface area (Å²) in [5.41, 5.74) is 0.931. The number of methoxy groups -OCH3 is 2. The molecule has 1 aromatic rings. The molecule has 0 aromatic heterocycles. The summed E-state index contributed by atoms with van der Waals surface area (Å²) < 4.78 is 10.4. The van der Waals surface area contributed by atoms with Crippen LogP contribution in [0.25, 0.3) is 0 Å². The van der Waals surface area contributed by atoms with Crippen molar-refractivity contribution in [2.45, 2.75) is 27.7 Å². The summed E-state index contributed by atoms with van der Waals surface area (Å²) in [6.07, 6.45) is 0. The van der Waals surface area contributed by atoms with Gasteiger partial charge in [-0.25, -0.2) is 0 Å². The van der Waals surface area contributed by atoms with Crippen LogP contribution >= 0.6 is 0 Å². The molecule has 0 aliphatic carbocycles. The van der Waals surface area contributed by atoms with E-state index >= 15 is 0 Å². The Morgan fingerprint density at radius 1 is 1.09 bits per heavy atom. The van der Waals surface area contributed by atoms with Crippen LogP contribution in [0.4, 0.5) is 5.69 Å². The number of benzene rings is 1. The smallest absolute Gasteiger partial charge is 0.243 e. The molecular weight excluding hydrogens is 284 g/mol. The van der Waals surface area contributed by atoms with Gasteiger partial charge in [0.15, 0.2) is 11.5 Å². The molecular formula is C16H24N2O4. The quantitative estimate of drug-likeness (QED) is 0.873. The van der Waals surface area contributed by atoms with Crippen LogP contribution < -0.4 is 20.1 Å². The van der Waals surface area contributed by atoms with Crippen LogP contribution in [0.1, 0.15) is 26.3 Å².